The minimum Gasteiger partial charge on any atom is -0.255 e. The van der Waals surface area contributed by atoms with Crippen molar-refractivity contribution in [1.82, 2.24) is 15.0 Å². The SMILES string of the molecule is C=CCC/C=C(\C=C/C)c1cccc(-c2nc(-c3ccccc3)nc(-c3ccccc3)n2)c1.CC.CC.CC.CC.CF. The van der Waals surface area contributed by atoms with Crippen LogP contribution in [0.4, 0.5) is 4.39 Å². The zero-order valence-electron chi connectivity index (χ0n) is 28.2. The highest BCUT2D eigenvalue weighted by Crippen LogP contribution is 2.27. The Balaban J connectivity index is 0. The molecule has 4 aromatic rings. The van der Waals surface area contributed by atoms with Gasteiger partial charge in [0, 0.05) is 16.7 Å². The van der Waals surface area contributed by atoms with Gasteiger partial charge in [-0.2, -0.15) is 0 Å². The maximum absolute atomic E-state index is 9.50. The third-order valence-electron chi connectivity index (χ3n) is 5.23. The number of hydrogen-bond acceptors (Lipinski definition) is 3. The summed E-state index contributed by atoms with van der Waals surface area (Å²) in [5, 5.41) is 0. The van der Waals surface area contributed by atoms with E-state index in [2.05, 4.69) is 49.1 Å². The Hall–Kier alpha value is -4.18. The van der Waals surface area contributed by atoms with Crippen molar-refractivity contribution < 1.29 is 4.39 Å². The van der Waals surface area contributed by atoms with Crippen LogP contribution in [0.5, 0.6) is 0 Å². The molecule has 0 aliphatic heterocycles. The van der Waals surface area contributed by atoms with E-state index in [9.17, 15) is 4.39 Å². The largest absolute Gasteiger partial charge is 0.255 e. The monoisotopic (exact) mass is 583 g/mol. The van der Waals surface area contributed by atoms with Crippen LogP contribution in [0.25, 0.3) is 39.7 Å². The van der Waals surface area contributed by atoms with Gasteiger partial charge in [-0.3, -0.25) is 4.39 Å². The predicted octanol–water partition coefficient (Wildman–Crippen LogP) is 12.5. The summed E-state index contributed by atoms with van der Waals surface area (Å²) in [6.07, 6.45) is 10.3. The first-order chi connectivity index (χ1) is 21.3. The van der Waals surface area contributed by atoms with Gasteiger partial charge < -0.3 is 0 Å². The standard InChI is InChI=1S/C30H27N3.4C2H6.CH3F/c1-3-5-8-15-23(14-4-2)26-20-13-21-27(22-26)30-32-28(24-16-9-6-10-17-24)31-29(33-30)25-18-11-7-12-19-25;5*1-2/h3-4,6-7,9-22H,1,5,8H2,2H3;4*1-2H3;1H3/b14-4-,23-15+;;;;;. The first-order valence-electron chi connectivity index (χ1n) is 15.6. The van der Waals surface area contributed by atoms with E-state index < -0.39 is 0 Å². The molecular formula is C39H54FN3. The van der Waals surface area contributed by atoms with Crippen LogP contribution in [0.2, 0.25) is 0 Å². The molecule has 43 heavy (non-hydrogen) atoms. The second-order valence-electron chi connectivity index (χ2n) is 7.64. The molecule has 0 radical (unpaired) electrons. The fourth-order valence-electron chi connectivity index (χ4n) is 3.59. The minimum atomic E-state index is 0.500. The summed E-state index contributed by atoms with van der Waals surface area (Å²) in [5.41, 5.74) is 5.21. The molecule has 0 spiro atoms. The van der Waals surface area contributed by atoms with Gasteiger partial charge in [0.1, 0.15) is 0 Å². The van der Waals surface area contributed by atoms with Crippen molar-refractivity contribution in [2.45, 2.75) is 75.2 Å². The number of benzene rings is 3. The zero-order chi connectivity index (χ0) is 32.9. The molecule has 0 fully saturated rings. The van der Waals surface area contributed by atoms with Crippen LogP contribution in [-0.4, -0.2) is 22.1 Å². The van der Waals surface area contributed by atoms with Gasteiger partial charge in [-0.15, -0.1) is 6.58 Å². The van der Waals surface area contributed by atoms with Gasteiger partial charge in [0.15, 0.2) is 17.5 Å². The van der Waals surface area contributed by atoms with Crippen molar-refractivity contribution in [3.63, 3.8) is 0 Å². The zero-order valence-corrected chi connectivity index (χ0v) is 28.2. The number of hydrogen-bond donors (Lipinski definition) is 0. The molecule has 0 aliphatic carbocycles. The van der Waals surface area contributed by atoms with Gasteiger partial charge >= 0.3 is 0 Å². The van der Waals surface area contributed by atoms with Crippen LogP contribution < -0.4 is 0 Å². The summed E-state index contributed by atoms with van der Waals surface area (Å²) < 4.78 is 9.50. The van der Waals surface area contributed by atoms with Crippen LogP contribution >= 0.6 is 0 Å². The summed E-state index contributed by atoms with van der Waals surface area (Å²) in [4.78, 5) is 14.5. The first-order valence-corrected chi connectivity index (χ1v) is 15.6. The Morgan fingerprint density at radius 2 is 1.02 bits per heavy atom. The summed E-state index contributed by atoms with van der Waals surface area (Å²) in [6, 6.07) is 28.5. The average Bonchev–Trinajstić information content (AvgIpc) is 3.13. The lowest BCUT2D eigenvalue weighted by Gasteiger charge is -2.10. The van der Waals surface area contributed by atoms with Crippen LogP contribution in [0, 0.1) is 0 Å². The van der Waals surface area contributed by atoms with Crippen LogP contribution in [-0.2, 0) is 0 Å². The Bertz CT molecular complexity index is 1220. The van der Waals surface area contributed by atoms with Gasteiger partial charge in [-0.05, 0) is 37.0 Å². The van der Waals surface area contributed by atoms with Crippen molar-refractivity contribution in [2.24, 2.45) is 0 Å². The summed E-state index contributed by atoms with van der Waals surface area (Å²) in [7, 11) is 0.500. The molecule has 3 nitrogen and oxygen atoms in total. The lowest BCUT2D eigenvalue weighted by atomic mass is 10.0. The highest BCUT2D eigenvalue weighted by Gasteiger charge is 2.12. The van der Waals surface area contributed by atoms with Gasteiger partial charge in [-0.25, -0.2) is 15.0 Å². The molecule has 232 valence electrons. The quantitative estimate of drug-likeness (QED) is 0.118. The van der Waals surface area contributed by atoms with E-state index in [0.717, 1.165) is 35.1 Å². The fraction of sp³-hybridized carbons (Fsp3) is 0.308. The van der Waals surface area contributed by atoms with E-state index >= 15 is 0 Å². The number of allylic oxidation sites excluding steroid dienone is 5. The van der Waals surface area contributed by atoms with E-state index in [4.69, 9.17) is 15.0 Å². The number of rotatable bonds is 8. The fourth-order valence-corrected chi connectivity index (χ4v) is 3.59. The summed E-state index contributed by atoms with van der Waals surface area (Å²) in [6.45, 7) is 21.9. The van der Waals surface area contributed by atoms with Crippen LogP contribution in [0.15, 0.2) is 116 Å². The molecule has 0 N–H and O–H groups in total. The third-order valence-corrected chi connectivity index (χ3v) is 5.23. The Morgan fingerprint density at radius 3 is 1.44 bits per heavy atom. The molecule has 0 unspecified atom stereocenters. The molecule has 0 aliphatic rings. The minimum absolute atomic E-state index is 0.500. The second kappa shape index (κ2) is 28.0. The van der Waals surface area contributed by atoms with Gasteiger partial charge in [0.25, 0.3) is 0 Å². The summed E-state index contributed by atoms with van der Waals surface area (Å²) >= 11 is 0. The Labute approximate surface area is 262 Å². The molecule has 1 aromatic heterocycles. The second-order valence-corrected chi connectivity index (χ2v) is 7.64. The lowest BCUT2D eigenvalue weighted by molar-refractivity contribution is 0.636. The molecule has 1 heterocycles. The molecule has 0 bridgehead atoms. The van der Waals surface area contributed by atoms with Gasteiger partial charge in [-0.1, -0.05) is 159 Å². The van der Waals surface area contributed by atoms with Gasteiger partial charge in [0.05, 0.1) is 7.18 Å². The smallest absolute Gasteiger partial charge is 0.164 e. The van der Waals surface area contributed by atoms with Crippen molar-refractivity contribution in [1.29, 1.82) is 0 Å². The van der Waals surface area contributed by atoms with E-state index in [1.165, 1.54) is 5.57 Å². The predicted molar refractivity (Wildman–Crippen MR) is 191 cm³/mol. The van der Waals surface area contributed by atoms with E-state index in [1.807, 2.05) is 129 Å². The molecule has 0 saturated heterocycles. The average molecular weight is 584 g/mol. The third kappa shape index (κ3) is 14.5. The lowest BCUT2D eigenvalue weighted by Crippen LogP contribution is -2.00. The summed E-state index contributed by atoms with van der Waals surface area (Å²) in [5.74, 6) is 2.00. The van der Waals surface area contributed by atoms with Crippen LogP contribution in [0.3, 0.4) is 0 Å². The molecule has 0 atom stereocenters. The van der Waals surface area contributed by atoms with E-state index in [0.29, 0.717) is 24.7 Å². The Morgan fingerprint density at radius 1 is 0.605 bits per heavy atom. The van der Waals surface area contributed by atoms with Gasteiger partial charge in [0.2, 0.25) is 0 Å². The Kier molecular flexibility index (Phi) is 26.6. The normalized spacial score (nSPS) is 9.60. The molecule has 0 amide bonds. The van der Waals surface area contributed by atoms with E-state index in [-0.39, 0.29) is 0 Å². The van der Waals surface area contributed by atoms with E-state index in [1.54, 1.807) is 0 Å². The molecule has 0 saturated carbocycles. The number of unbranched alkanes of at least 4 members (excludes halogenated alkanes) is 1. The van der Waals surface area contributed by atoms with Crippen molar-refractivity contribution in [3.05, 3.63) is 121 Å². The maximum atomic E-state index is 9.50. The number of halogens is 1. The number of nitrogens with zero attached hydrogens (tertiary/aromatic N) is 3. The number of aromatic nitrogens is 3. The van der Waals surface area contributed by atoms with Crippen LogP contribution in [0.1, 0.15) is 80.7 Å². The maximum Gasteiger partial charge on any atom is 0.164 e. The van der Waals surface area contributed by atoms with Crippen molar-refractivity contribution >= 4 is 5.57 Å². The number of alkyl halides is 1. The topological polar surface area (TPSA) is 38.7 Å². The highest BCUT2D eigenvalue weighted by molar-refractivity contribution is 5.77. The molecule has 4 rings (SSSR count). The first kappa shape index (κ1) is 41.0. The molecule has 3 aromatic carbocycles. The molecular weight excluding hydrogens is 529 g/mol. The van der Waals surface area contributed by atoms with Crippen molar-refractivity contribution in [3.8, 4) is 34.2 Å². The van der Waals surface area contributed by atoms with Crippen molar-refractivity contribution in [2.75, 3.05) is 7.18 Å². The molecule has 4 heteroatoms. The highest BCUT2D eigenvalue weighted by atomic mass is 19.1.